The molecule has 1 atom stereocenters. The van der Waals surface area contributed by atoms with Crippen molar-refractivity contribution < 1.29 is 9.53 Å². The fraction of sp³-hybridized carbons (Fsp3) is 0.625. The van der Waals surface area contributed by atoms with Crippen molar-refractivity contribution in [2.75, 3.05) is 0 Å². The molecule has 0 saturated carbocycles. The first kappa shape index (κ1) is 7.32. The molecule has 10 heavy (non-hydrogen) atoms. The third-order valence-corrected chi connectivity index (χ3v) is 1.53. The summed E-state index contributed by atoms with van der Waals surface area (Å²) >= 11 is 0. The van der Waals surface area contributed by atoms with Gasteiger partial charge in [0.1, 0.15) is 6.10 Å². The van der Waals surface area contributed by atoms with Crippen molar-refractivity contribution in [3.05, 3.63) is 12.2 Å². The van der Waals surface area contributed by atoms with Gasteiger partial charge in [0.15, 0.2) is 0 Å². The van der Waals surface area contributed by atoms with Gasteiger partial charge >= 0.3 is 5.97 Å². The van der Waals surface area contributed by atoms with Crippen molar-refractivity contribution >= 4 is 5.97 Å². The molecule has 0 spiro atoms. The van der Waals surface area contributed by atoms with Gasteiger partial charge in [-0.05, 0) is 25.3 Å². The zero-order valence-electron chi connectivity index (χ0n) is 6.17. The monoisotopic (exact) mass is 140 g/mol. The second-order valence-electron chi connectivity index (χ2n) is 2.51. The van der Waals surface area contributed by atoms with Crippen molar-refractivity contribution in [1.29, 1.82) is 0 Å². The van der Waals surface area contributed by atoms with E-state index in [4.69, 9.17) is 4.74 Å². The molecule has 1 rings (SSSR count). The van der Waals surface area contributed by atoms with Gasteiger partial charge in [0.05, 0.1) is 0 Å². The van der Waals surface area contributed by atoms with Crippen LogP contribution in [0.3, 0.4) is 0 Å². The van der Waals surface area contributed by atoms with Crippen LogP contribution in [0.25, 0.3) is 0 Å². The van der Waals surface area contributed by atoms with E-state index >= 15 is 0 Å². The summed E-state index contributed by atoms with van der Waals surface area (Å²) in [7, 11) is 0. The molecule has 0 aromatic carbocycles. The molecule has 2 heteroatoms. The third-order valence-electron chi connectivity index (χ3n) is 1.53. The zero-order chi connectivity index (χ0) is 7.40. The van der Waals surface area contributed by atoms with E-state index in [0.29, 0.717) is 0 Å². The standard InChI is InChI=1S/C8H12O2/c1-7(9)10-8-5-3-2-4-6-8/h3,5,8H,2,4,6H2,1H3/t8-/m0/s1. The highest BCUT2D eigenvalue weighted by atomic mass is 16.5. The molecular weight excluding hydrogens is 128 g/mol. The van der Waals surface area contributed by atoms with Crippen LogP contribution in [0.5, 0.6) is 0 Å². The maximum absolute atomic E-state index is 10.5. The van der Waals surface area contributed by atoms with Gasteiger partial charge < -0.3 is 4.74 Å². The average molecular weight is 140 g/mol. The van der Waals surface area contributed by atoms with Crippen LogP contribution in [0, 0.1) is 0 Å². The lowest BCUT2D eigenvalue weighted by Crippen LogP contribution is -2.15. The van der Waals surface area contributed by atoms with Crippen LogP contribution in [0.1, 0.15) is 26.2 Å². The van der Waals surface area contributed by atoms with Gasteiger partial charge in [-0.15, -0.1) is 0 Å². The first-order valence-electron chi connectivity index (χ1n) is 3.63. The van der Waals surface area contributed by atoms with Crippen molar-refractivity contribution in [2.24, 2.45) is 0 Å². The lowest BCUT2D eigenvalue weighted by atomic mass is 10.1. The topological polar surface area (TPSA) is 26.3 Å². The van der Waals surface area contributed by atoms with E-state index in [-0.39, 0.29) is 12.1 Å². The number of hydrogen-bond donors (Lipinski definition) is 0. The maximum Gasteiger partial charge on any atom is 0.303 e. The molecular formula is C8H12O2. The summed E-state index contributed by atoms with van der Waals surface area (Å²) in [5, 5.41) is 0. The predicted molar refractivity (Wildman–Crippen MR) is 38.5 cm³/mol. The molecule has 0 saturated heterocycles. The Morgan fingerprint density at radius 3 is 3.00 bits per heavy atom. The highest BCUT2D eigenvalue weighted by molar-refractivity contribution is 5.66. The van der Waals surface area contributed by atoms with Crippen LogP contribution in [0.2, 0.25) is 0 Å². The average Bonchev–Trinajstić information content (AvgIpc) is 1.88. The van der Waals surface area contributed by atoms with E-state index in [0.717, 1.165) is 19.3 Å². The Labute approximate surface area is 60.9 Å². The summed E-state index contributed by atoms with van der Waals surface area (Å²) in [5.41, 5.74) is 0. The lowest BCUT2D eigenvalue weighted by molar-refractivity contribution is -0.144. The molecule has 0 N–H and O–H groups in total. The van der Waals surface area contributed by atoms with Gasteiger partial charge in [0, 0.05) is 6.92 Å². The Hall–Kier alpha value is -0.790. The lowest BCUT2D eigenvalue weighted by Gasteiger charge is -2.15. The molecule has 0 heterocycles. The number of rotatable bonds is 1. The van der Waals surface area contributed by atoms with Gasteiger partial charge in [-0.3, -0.25) is 4.79 Å². The molecule has 0 unspecified atom stereocenters. The van der Waals surface area contributed by atoms with Crippen molar-refractivity contribution in [1.82, 2.24) is 0 Å². The molecule has 56 valence electrons. The Morgan fingerprint density at radius 2 is 2.50 bits per heavy atom. The summed E-state index contributed by atoms with van der Waals surface area (Å²) in [5.74, 6) is -0.184. The molecule has 0 amide bonds. The minimum Gasteiger partial charge on any atom is -0.458 e. The summed E-state index contributed by atoms with van der Waals surface area (Å²) in [6.07, 6.45) is 7.32. The van der Waals surface area contributed by atoms with Crippen molar-refractivity contribution in [2.45, 2.75) is 32.3 Å². The van der Waals surface area contributed by atoms with Crippen LogP contribution in [0.15, 0.2) is 12.2 Å². The second kappa shape index (κ2) is 3.40. The first-order valence-corrected chi connectivity index (χ1v) is 3.63. The van der Waals surface area contributed by atoms with Gasteiger partial charge in [-0.1, -0.05) is 6.08 Å². The maximum atomic E-state index is 10.5. The molecule has 2 nitrogen and oxygen atoms in total. The first-order chi connectivity index (χ1) is 4.79. The molecule has 0 aliphatic heterocycles. The highest BCUT2D eigenvalue weighted by Gasteiger charge is 2.09. The summed E-state index contributed by atoms with van der Waals surface area (Å²) in [6, 6.07) is 0. The summed E-state index contributed by atoms with van der Waals surface area (Å²) in [4.78, 5) is 10.5. The summed E-state index contributed by atoms with van der Waals surface area (Å²) < 4.78 is 4.97. The fourth-order valence-corrected chi connectivity index (χ4v) is 1.09. The summed E-state index contributed by atoms with van der Waals surface area (Å²) in [6.45, 7) is 1.45. The minimum atomic E-state index is -0.184. The van der Waals surface area contributed by atoms with Gasteiger partial charge in [-0.2, -0.15) is 0 Å². The normalized spacial score (nSPS) is 24.3. The molecule has 0 radical (unpaired) electrons. The van der Waals surface area contributed by atoms with Gasteiger partial charge in [0.25, 0.3) is 0 Å². The number of carbonyl (C=O) groups is 1. The number of allylic oxidation sites excluding steroid dienone is 1. The smallest absolute Gasteiger partial charge is 0.303 e. The number of carbonyl (C=O) groups excluding carboxylic acids is 1. The van der Waals surface area contributed by atoms with E-state index in [1.807, 2.05) is 6.08 Å². The zero-order valence-corrected chi connectivity index (χ0v) is 6.17. The van der Waals surface area contributed by atoms with Crippen molar-refractivity contribution in [3.63, 3.8) is 0 Å². The van der Waals surface area contributed by atoms with Crippen LogP contribution in [-0.2, 0) is 9.53 Å². The SMILES string of the molecule is CC(=O)O[C@H]1C=CCCC1. The Morgan fingerprint density at radius 1 is 1.70 bits per heavy atom. The number of hydrogen-bond acceptors (Lipinski definition) is 2. The molecule has 0 aromatic heterocycles. The Kier molecular flexibility index (Phi) is 2.49. The second-order valence-corrected chi connectivity index (χ2v) is 2.51. The van der Waals surface area contributed by atoms with Crippen molar-refractivity contribution in [3.8, 4) is 0 Å². The Bertz CT molecular complexity index is 149. The van der Waals surface area contributed by atoms with E-state index in [9.17, 15) is 4.79 Å². The largest absolute Gasteiger partial charge is 0.458 e. The molecule has 1 aliphatic carbocycles. The van der Waals surface area contributed by atoms with Crippen LogP contribution < -0.4 is 0 Å². The van der Waals surface area contributed by atoms with Crippen LogP contribution in [0.4, 0.5) is 0 Å². The van der Waals surface area contributed by atoms with Gasteiger partial charge in [-0.25, -0.2) is 0 Å². The molecule has 0 bridgehead atoms. The third kappa shape index (κ3) is 2.21. The van der Waals surface area contributed by atoms with E-state index in [1.54, 1.807) is 0 Å². The Balaban J connectivity index is 2.33. The van der Waals surface area contributed by atoms with Crippen LogP contribution in [-0.4, -0.2) is 12.1 Å². The van der Waals surface area contributed by atoms with E-state index in [2.05, 4.69) is 6.08 Å². The quantitative estimate of drug-likeness (QED) is 0.409. The van der Waals surface area contributed by atoms with Gasteiger partial charge in [0.2, 0.25) is 0 Å². The highest BCUT2D eigenvalue weighted by Crippen LogP contribution is 2.13. The number of ether oxygens (including phenoxy) is 1. The van der Waals surface area contributed by atoms with E-state index < -0.39 is 0 Å². The molecule has 0 aromatic rings. The van der Waals surface area contributed by atoms with Crippen LogP contribution >= 0.6 is 0 Å². The predicted octanol–water partition coefficient (Wildman–Crippen LogP) is 1.66. The minimum absolute atomic E-state index is 0.0475. The number of esters is 1. The fourth-order valence-electron chi connectivity index (χ4n) is 1.09. The molecule has 1 aliphatic rings. The van der Waals surface area contributed by atoms with E-state index in [1.165, 1.54) is 6.92 Å². The molecule has 0 fully saturated rings.